The average Bonchev–Trinajstić information content (AvgIpc) is 2.37. The number of carbonyl (C=O) groups is 1. The lowest BCUT2D eigenvalue weighted by Crippen LogP contribution is -2.36. The number of halogens is 1. The van der Waals surface area contributed by atoms with E-state index in [1.807, 2.05) is 0 Å². The fourth-order valence-electron chi connectivity index (χ4n) is 2.69. The maximum absolute atomic E-state index is 11.1. The first-order valence-electron chi connectivity index (χ1n) is 7.37. The van der Waals surface area contributed by atoms with E-state index < -0.39 is 0 Å². The van der Waals surface area contributed by atoms with Crippen LogP contribution in [0.25, 0.3) is 0 Å². The molecule has 0 saturated carbocycles. The molecule has 1 heterocycles. The molecule has 1 aliphatic rings. The van der Waals surface area contributed by atoms with Gasteiger partial charge in [-0.2, -0.15) is 0 Å². The Bertz CT molecular complexity index is 465. The molecule has 1 saturated heterocycles. The topological polar surface area (TPSA) is 38.3 Å². The highest BCUT2D eigenvalue weighted by molar-refractivity contribution is 5.85. The second-order valence-electron chi connectivity index (χ2n) is 6.63. The van der Waals surface area contributed by atoms with E-state index >= 15 is 0 Å². The minimum absolute atomic E-state index is 0. The molecular formula is C17H26ClNO2. The summed E-state index contributed by atoms with van der Waals surface area (Å²) < 4.78 is 5.34. The second-order valence-corrected chi connectivity index (χ2v) is 6.63. The molecule has 0 aliphatic carbocycles. The van der Waals surface area contributed by atoms with E-state index in [9.17, 15) is 4.79 Å². The van der Waals surface area contributed by atoms with E-state index in [-0.39, 0.29) is 35.9 Å². The molecule has 2 unspecified atom stereocenters. The SMILES string of the molecule is CC(=O)OC1CCNC(c2ccc(C(C)(C)C)cc2)C1.Cl. The zero-order valence-electron chi connectivity index (χ0n) is 13.3. The summed E-state index contributed by atoms with van der Waals surface area (Å²) in [7, 11) is 0. The average molecular weight is 312 g/mol. The predicted molar refractivity (Wildman–Crippen MR) is 87.9 cm³/mol. The summed E-state index contributed by atoms with van der Waals surface area (Å²) in [4.78, 5) is 11.1. The fraction of sp³-hybridized carbons (Fsp3) is 0.588. The Kier molecular flexibility index (Phi) is 6.24. The van der Waals surface area contributed by atoms with Gasteiger partial charge in [-0.1, -0.05) is 45.0 Å². The van der Waals surface area contributed by atoms with Gasteiger partial charge in [-0.3, -0.25) is 4.79 Å². The van der Waals surface area contributed by atoms with Gasteiger partial charge >= 0.3 is 5.97 Å². The smallest absolute Gasteiger partial charge is 0.302 e. The number of benzene rings is 1. The molecule has 21 heavy (non-hydrogen) atoms. The van der Waals surface area contributed by atoms with Gasteiger partial charge in [0.05, 0.1) is 0 Å². The van der Waals surface area contributed by atoms with E-state index in [1.165, 1.54) is 18.1 Å². The summed E-state index contributed by atoms with van der Waals surface area (Å²) in [6.07, 6.45) is 1.80. The van der Waals surface area contributed by atoms with E-state index in [0.29, 0.717) is 0 Å². The molecule has 118 valence electrons. The standard InChI is InChI=1S/C17H25NO2.ClH/c1-12(19)20-15-9-10-18-16(11-15)13-5-7-14(8-6-13)17(2,3)4;/h5-8,15-16,18H,9-11H2,1-4H3;1H. The van der Waals surface area contributed by atoms with Crippen molar-refractivity contribution in [3.8, 4) is 0 Å². The van der Waals surface area contributed by atoms with Crippen molar-refractivity contribution < 1.29 is 9.53 Å². The van der Waals surface area contributed by atoms with Crippen LogP contribution in [0.2, 0.25) is 0 Å². The molecule has 2 atom stereocenters. The van der Waals surface area contributed by atoms with Gasteiger partial charge in [0.1, 0.15) is 6.10 Å². The highest BCUT2D eigenvalue weighted by atomic mass is 35.5. The molecule has 3 nitrogen and oxygen atoms in total. The first kappa shape index (κ1) is 18.0. The molecule has 0 bridgehead atoms. The Morgan fingerprint density at radius 3 is 2.38 bits per heavy atom. The monoisotopic (exact) mass is 311 g/mol. The molecule has 1 aliphatic heterocycles. The zero-order chi connectivity index (χ0) is 14.8. The summed E-state index contributed by atoms with van der Waals surface area (Å²) in [5, 5.41) is 3.51. The molecule has 0 spiro atoms. The molecular weight excluding hydrogens is 286 g/mol. The number of hydrogen-bond acceptors (Lipinski definition) is 3. The third-order valence-electron chi connectivity index (χ3n) is 3.87. The predicted octanol–water partition coefficient (Wildman–Crippen LogP) is 3.76. The van der Waals surface area contributed by atoms with Crippen LogP contribution in [0.3, 0.4) is 0 Å². The van der Waals surface area contributed by atoms with E-state index in [2.05, 4.69) is 50.4 Å². The van der Waals surface area contributed by atoms with Crippen molar-refractivity contribution in [2.24, 2.45) is 0 Å². The van der Waals surface area contributed by atoms with Crippen LogP contribution in [0, 0.1) is 0 Å². The Morgan fingerprint density at radius 1 is 1.24 bits per heavy atom. The quantitative estimate of drug-likeness (QED) is 0.845. The minimum Gasteiger partial charge on any atom is -0.462 e. The van der Waals surface area contributed by atoms with Gasteiger partial charge in [-0.05, 0) is 29.5 Å². The lowest BCUT2D eigenvalue weighted by molar-refractivity contribution is -0.147. The van der Waals surface area contributed by atoms with Crippen molar-refractivity contribution in [3.63, 3.8) is 0 Å². The Balaban J connectivity index is 0.00000220. The van der Waals surface area contributed by atoms with Crippen molar-refractivity contribution in [3.05, 3.63) is 35.4 Å². The van der Waals surface area contributed by atoms with E-state index in [0.717, 1.165) is 19.4 Å². The number of nitrogens with one attached hydrogen (secondary N) is 1. The maximum atomic E-state index is 11.1. The summed E-state index contributed by atoms with van der Waals surface area (Å²) in [6, 6.07) is 9.06. The van der Waals surface area contributed by atoms with Crippen LogP contribution >= 0.6 is 12.4 Å². The van der Waals surface area contributed by atoms with Crippen molar-refractivity contribution >= 4 is 18.4 Å². The van der Waals surface area contributed by atoms with Crippen LogP contribution in [-0.4, -0.2) is 18.6 Å². The van der Waals surface area contributed by atoms with Gasteiger partial charge in [0, 0.05) is 19.4 Å². The normalized spacial score (nSPS) is 22.3. The molecule has 1 N–H and O–H groups in total. The van der Waals surface area contributed by atoms with Crippen molar-refractivity contribution in [2.45, 2.75) is 58.1 Å². The highest BCUT2D eigenvalue weighted by Crippen LogP contribution is 2.28. The largest absolute Gasteiger partial charge is 0.462 e. The van der Waals surface area contributed by atoms with Gasteiger partial charge in [-0.25, -0.2) is 0 Å². The van der Waals surface area contributed by atoms with E-state index in [4.69, 9.17) is 4.74 Å². The summed E-state index contributed by atoms with van der Waals surface area (Å²) in [5.74, 6) is -0.182. The Hall–Kier alpha value is -1.06. The van der Waals surface area contributed by atoms with Gasteiger partial charge in [0.2, 0.25) is 0 Å². The van der Waals surface area contributed by atoms with Crippen molar-refractivity contribution in [1.29, 1.82) is 0 Å². The highest BCUT2D eigenvalue weighted by Gasteiger charge is 2.25. The molecule has 2 rings (SSSR count). The summed E-state index contributed by atoms with van der Waals surface area (Å²) >= 11 is 0. The third kappa shape index (κ3) is 5.01. The summed E-state index contributed by atoms with van der Waals surface area (Å²) in [5.41, 5.74) is 2.79. The molecule has 0 amide bonds. The number of rotatable bonds is 2. The maximum Gasteiger partial charge on any atom is 0.302 e. The van der Waals surface area contributed by atoms with Crippen LogP contribution in [-0.2, 0) is 14.9 Å². The van der Waals surface area contributed by atoms with Crippen LogP contribution in [0.5, 0.6) is 0 Å². The number of hydrogen-bond donors (Lipinski definition) is 1. The third-order valence-corrected chi connectivity index (χ3v) is 3.87. The molecule has 1 fully saturated rings. The first-order chi connectivity index (χ1) is 9.36. The van der Waals surface area contributed by atoms with Crippen LogP contribution in [0.4, 0.5) is 0 Å². The van der Waals surface area contributed by atoms with Crippen LogP contribution in [0.1, 0.15) is 57.7 Å². The fourth-order valence-corrected chi connectivity index (χ4v) is 2.69. The zero-order valence-corrected chi connectivity index (χ0v) is 14.1. The molecule has 1 aromatic rings. The first-order valence-corrected chi connectivity index (χ1v) is 7.37. The molecule has 0 radical (unpaired) electrons. The van der Waals surface area contributed by atoms with Gasteiger partial charge in [0.15, 0.2) is 0 Å². The van der Waals surface area contributed by atoms with Crippen LogP contribution in [0.15, 0.2) is 24.3 Å². The number of esters is 1. The van der Waals surface area contributed by atoms with E-state index in [1.54, 1.807) is 0 Å². The summed E-state index contributed by atoms with van der Waals surface area (Å²) in [6.45, 7) is 9.03. The molecule has 0 aromatic heterocycles. The molecule has 4 heteroatoms. The number of ether oxygens (including phenoxy) is 1. The van der Waals surface area contributed by atoms with Crippen molar-refractivity contribution in [1.82, 2.24) is 5.32 Å². The van der Waals surface area contributed by atoms with Crippen LogP contribution < -0.4 is 5.32 Å². The lowest BCUT2D eigenvalue weighted by Gasteiger charge is -2.30. The Morgan fingerprint density at radius 2 is 1.86 bits per heavy atom. The van der Waals surface area contributed by atoms with Gasteiger partial charge < -0.3 is 10.1 Å². The lowest BCUT2D eigenvalue weighted by atomic mass is 9.85. The van der Waals surface area contributed by atoms with Crippen molar-refractivity contribution in [2.75, 3.05) is 6.54 Å². The minimum atomic E-state index is -0.182. The Labute approximate surface area is 133 Å². The van der Waals surface area contributed by atoms with Gasteiger partial charge in [0.25, 0.3) is 0 Å². The second kappa shape index (κ2) is 7.28. The number of piperidine rings is 1. The molecule has 1 aromatic carbocycles. The van der Waals surface area contributed by atoms with Gasteiger partial charge in [-0.15, -0.1) is 12.4 Å². The number of carbonyl (C=O) groups excluding carboxylic acids is 1.